The Balaban J connectivity index is 3.16. The third-order valence-electron chi connectivity index (χ3n) is 2.75. The number of unbranched alkanes of at least 4 members (excludes halogenated alkanes) is 6. The molecule has 0 aliphatic heterocycles. The van der Waals surface area contributed by atoms with Crippen LogP contribution in [-0.4, -0.2) is 11.8 Å². The molecule has 98 valence electrons. The highest BCUT2D eigenvalue weighted by Crippen LogP contribution is 2.11. The molecule has 0 fully saturated rings. The van der Waals surface area contributed by atoms with Crippen LogP contribution in [0.2, 0.25) is 0 Å². The molecule has 0 atom stereocenters. The predicted molar refractivity (Wildman–Crippen MR) is 69.1 cm³/mol. The molecular weight excluding hydrogens is 216 g/mol. The quantitative estimate of drug-likeness (QED) is 0.427. The van der Waals surface area contributed by atoms with Crippen LogP contribution in [0.3, 0.4) is 0 Å². The summed E-state index contributed by atoms with van der Waals surface area (Å²) < 4.78 is 0. The maximum atomic E-state index is 10.7. The lowest BCUT2D eigenvalue weighted by atomic mass is 10.0. The third-order valence-corrected chi connectivity index (χ3v) is 2.75. The second-order valence-electron chi connectivity index (χ2n) is 4.41. The van der Waals surface area contributed by atoms with Gasteiger partial charge in [-0.25, -0.2) is 0 Å². The van der Waals surface area contributed by atoms with Crippen LogP contribution in [0, 0.1) is 0 Å². The van der Waals surface area contributed by atoms with E-state index in [0.717, 1.165) is 38.5 Å². The van der Waals surface area contributed by atoms with Crippen molar-refractivity contribution < 1.29 is 9.59 Å². The zero-order chi connectivity index (χ0) is 13.1. The minimum atomic E-state index is -0.392. The van der Waals surface area contributed by atoms with Gasteiger partial charge in [0, 0.05) is 12.0 Å². The van der Waals surface area contributed by atoms with E-state index in [4.69, 9.17) is 11.5 Å². The van der Waals surface area contributed by atoms with Gasteiger partial charge in [0.05, 0.1) is 0 Å². The summed E-state index contributed by atoms with van der Waals surface area (Å²) in [6, 6.07) is 0. The standard InChI is InChI=1S/C13H24N2O2/c1-11(13(15)17)9-7-5-3-2-4-6-8-10-12(14)16/h1-10H2,(H2,14,16)(H2,15,17). The molecule has 0 aromatic carbocycles. The Labute approximate surface area is 103 Å². The van der Waals surface area contributed by atoms with Crippen LogP contribution in [0.1, 0.15) is 57.8 Å². The number of hydrogen-bond donors (Lipinski definition) is 2. The fourth-order valence-electron chi connectivity index (χ4n) is 1.64. The van der Waals surface area contributed by atoms with Gasteiger partial charge < -0.3 is 11.5 Å². The molecule has 2 amide bonds. The van der Waals surface area contributed by atoms with Gasteiger partial charge in [0.25, 0.3) is 0 Å². The predicted octanol–water partition coefficient (Wildman–Crippen LogP) is 2.02. The van der Waals surface area contributed by atoms with Crippen molar-refractivity contribution in [3.8, 4) is 0 Å². The summed E-state index contributed by atoms with van der Waals surface area (Å²) in [5.41, 5.74) is 10.6. The van der Waals surface area contributed by atoms with E-state index in [2.05, 4.69) is 6.58 Å². The lowest BCUT2D eigenvalue weighted by Crippen LogP contribution is -2.12. The van der Waals surface area contributed by atoms with Crippen molar-refractivity contribution >= 4 is 11.8 Å². The number of hydrogen-bond acceptors (Lipinski definition) is 2. The summed E-state index contributed by atoms with van der Waals surface area (Å²) in [4.78, 5) is 21.1. The van der Waals surface area contributed by atoms with Gasteiger partial charge in [0.15, 0.2) is 0 Å². The fraction of sp³-hybridized carbons (Fsp3) is 0.692. The van der Waals surface area contributed by atoms with Gasteiger partial charge in [-0.3, -0.25) is 9.59 Å². The molecule has 0 unspecified atom stereocenters. The molecule has 0 aromatic heterocycles. The van der Waals surface area contributed by atoms with Crippen LogP contribution in [0.15, 0.2) is 12.2 Å². The largest absolute Gasteiger partial charge is 0.370 e. The Hall–Kier alpha value is -1.32. The third kappa shape index (κ3) is 11.0. The van der Waals surface area contributed by atoms with Gasteiger partial charge in [0.1, 0.15) is 0 Å². The fourth-order valence-corrected chi connectivity index (χ4v) is 1.64. The summed E-state index contributed by atoms with van der Waals surface area (Å²) in [5.74, 6) is -0.605. The highest BCUT2D eigenvalue weighted by molar-refractivity contribution is 5.91. The average molecular weight is 240 g/mol. The summed E-state index contributed by atoms with van der Waals surface area (Å²) >= 11 is 0. The molecule has 0 aliphatic carbocycles. The zero-order valence-corrected chi connectivity index (χ0v) is 10.5. The second-order valence-corrected chi connectivity index (χ2v) is 4.41. The molecule has 0 bridgehead atoms. The van der Waals surface area contributed by atoms with Crippen molar-refractivity contribution in [2.45, 2.75) is 57.8 Å². The van der Waals surface area contributed by atoms with Crippen molar-refractivity contribution in [3.05, 3.63) is 12.2 Å². The lowest BCUT2D eigenvalue weighted by Gasteiger charge is -2.02. The van der Waals surface area contributed by atoms with E-state index in [1.54, 1.807) is 0 Å². The number of nitrogens with two attached hydrogens (primary N) is 2. The van der Waals surface area contributed by atoms with Crippen molar-refractivity contribution in [2.75, 3.05) is 0 Å². The SMILES string of the molecule is C=C(CCCCCCCCCC(N)=O)C(N)=O. The molecule has 0 aliphatic rings. The summed E-state index contributed by atoms with van der Waals surface area (Å²) in [5, 5.41) is 0. The van der Waals surface area contributed by atoms with Crippen molar-refractivity contribution in [1.82, 2.24) is 0 Å². The van der Waals surface area contributed by atoms with Crippen LogP contribution < -0.4 is 11.5 Å². The van der Waals surface area contributed by atoms with Crippen LogP contribution in [0.4, 0.5) is 0 Å². The number of carbonyl (C=O) groups excluding carboxylic acids is 2. The van der Waals surface area contributed by atoms with Gasteiger partial charge in [-0.05, 0) is 19.3 Å². The maximum Gasteiger partial charge on any atom is 0.244 e. The van der Waals surface area contributed by atoms with Gasteiger partial charge in [-0.15, -0.1) is 0 Å². The van der Waals surface area contributed by atoms with Crippen LogP contribution in [-0.2, 0) is 9.59 Å². The van der Waals surface area contributed by atoms with Gasteiger partial charge in [-0.1, -0.05) is 38.7 Å². The molecule has 4 N–H and O–H groups in total. The number of rotatable bonds is 11. The summed E-state index contributed by atoms with van der Waals surface area (Å²) in [6.45, 7) is 3.61. The Bertz CT molecular complexity index is 262. The number of carbonyl (C=O) groups is 2. The second kappa shape index (κ2) is 9.87. The van der Waals surface area contributed by atoms with E-state index in [1.165, 1.54) is 6.42 Å². The monoisotopic (exact) mass is 240 g/mol. The first-order valence-electron chi connectivity index (χ1n) is 6.30. The molecule has 4 nitrogen and oxygen atoms in total. The van der Waals surface area contributed by atoms with E-state index in [-0.39, 0.29) is 5.91 Å². The molecular formula is C13H24N2O2. The van der Waals surface area contributed by atoms with Gasteiger partial charge in [0.2, 0.25) is 11.8 Å². The van der Waals surface area contributed by atoms with Gasteiger partial charge >= 0.3 is 0 Å². The first-order chi connectivity index (χ1) is 8.04. The molecule has 0 heterocycles. The molecule has 0 saturated heterocycles. The van der Waals surface area contributed by atoms with E-state index < -0.39 is 5.91 Å². The number of primary amides is 2. The molecule has 0 spiro atoms. The minimum absolute atomic E-state index is 0.213. The first-order valence-corrected chi connectivity index (χ1v) is 6.30. The van der Waals surface area contributed by atoms with Crippen molar-refractivity contribution in [1.29, 1.82) is 0 Å². The van der Waals surface area contributed by atoms with E-state index in [0.29, 0.717) is 18.4 Å². The van der Waals surface area contributed by atoms with Gasteiger partial charge in [-0.2, -0.15) is 0 Å². The summed E-state index contributed by atoms with van der Waals surface area (Å²) in [6.07, 6.45) is 8.71. The minimum Gasteiger partial charge on any atom is -0.370 e. The molecule has 0 radical (unpaired) electrons. The van der Waals surface area contributed by atoms with Crippen LogP contribution in [0.25, 0.3) is 0 Å². The average Bonchev–Trinajstić information content (AvgIpc) is 2.25. The lowest BCUT2D eigenvalue weighted by molar-refractivity contribution is -0.118. The van der Waals surface area contributed by atoms with Crippen molar-refractivity contribution in [2.24, 2.45) is 11.5 Å². The van der Waals surface area contributed by atoms with E-state index in [1.807, 2.05) is 0 Å². The van der Waals surface area contributed by atoms with Crippen LogP contribution in [0.5, 0.6) is 0 Å². The van der Waals surface area contributed by atoms with E-state index >= 15 is 0 Å². The maximum absolute atomic E-state index is 10.7. The number of amides is 2. The molecule has 17 heavy (non-hydrogen) atoms. The normalized spacial score (nSPS) is 10.1. The smallest absolute Gasteiger partial charge is 0.244 e. The molecule has 0 rings (SSSR count). The Morgan fingerprint density at radius 1 is 0.765 bits per heavy atom. The zero-order valence-electron chi connectivity index (χ0n) is 10.5. The Kier molecular flexibility index (Phi) is 9.11. The summed E-state index contributed by atoms with van der Waals surface area (Å²) in [7, 11) is 0. The van der Waals surface area contributed by atoms with Crippen LogP contribution >= 0.6 is 0 Å². The molecule has 4 heteroatoms. The Morgan fingerprint density at radius 3 is 1.59 bits per heavy atom. The van der Waals surface area contributed by atoms with Crippen molar-refractivity contribution in [3.63, 3.8) is 0 Å². The Morgan fingerprint density at radius 2 is 1.18 bits per heavy atom. The highest BCUT2D eigenvalue weighted by Gasteiger charge is 2.00. The van der Waals surface area contributed by atoms with E-state index in [9.17, 15) is 9.59 Å². The molecule has 0 aromatic rings. The highest BCUT2D eigenvalue weighted by atomic mass is 16.1. The first kappa shape index (κ1) is 15.7. The topological polar surface area (TPSA) is 86.2 Å². The molecule has 0 saturated carbocycles.